The molecule has 0 aliphatic carbocycles. The number of ether oxygens (including phenoxy) is 3. The topological polar surface area (TPSA) is 86.8 Å². The van der Waals surface area contributed by atoms with Gasteiger partial charge < -0.3 is 19.5 Å². The van der Waals surface area contributed by atoms with Gasteiger partial charge in [0.1, 0.15) is 17.2 Å². The van der Waals surface area contributed by atoms with E-state index in [4.69, 9.17) is 14.2 Å². The van der Waals surface area contributed by atoms with E-state index in [9.17, 15) is 9.59 Å². The highest BCUT2D eigenvalue weighted by atomic mass is 32.1. The van der Waals surface area contributed by atoms with Crippen molar-refractivity contribution < 1.29 is 23.8 Å². The van der Waals surface area contributed by atoms with Crippen molar-refractivity contribution in [2.24, 2.45) is 0 Å². The number of hydrogen-bond donors (Lipinski definition) is 1. The third kappa shape index (κ3) is 6.35. The maximum absolute atomic E-state index is 12.7. The summed E-state index contributed by atoms with van der Waals surface area (Å²) in [5.74, 6) is 1.37. The molecule has 0 fully saturated rings. The van der Waals surface area contributed by atoms with Crippen LogP contribution < -0.4 is 19.5 Å². The van der Waals surface area contributed by atoms with Crippen LogP contribution in [0, 0.1) is 0 Å². The lowest BCUT2D eigenvalue weighted by Gasteiger charge is -2.09. The van der Waals surface area contributed by atoms with Gasteiger partial charge in [0.25, 0.3) is 0 Å². The minimum Gasteiger partial charge on any atom is -0.497 e. The predicted octanol–water partition coefficient (Wildman–Crippen LogP) is 5.78. The zero-order valence-electron chi connectivity index (χ0n) is 20.0. The number of rotatable bonds is 12. The molecule has 7 nitrogen and oxygen atoms in total. The summed E-state index contributed by atoms with van der Waals surface area (Å²) in [5, 5.41) is 3.39. The zero-order chi connectivity index (χ0) is 24.5. The Morgan fingerprint density at radius 1 is 0.971 bits per heavy atom. The van der Waals surface area contributed by atoms with Gasteiger partial charge in [0.15, 0.2) is 10.9 Å². The number of carbonyl (C=O) groups is 2. The largest absolute Gasteiger partial charge is 0.497 e. The molecule has 180 valence electrons. The molecule has 0 bridgehead atoms. The summed E-state index contributed by atoms with van der Waals surface area (Å²) >= 11 is 1.47. The number of aryl methyl sites for hydroxylation is 1. The number of nitrogens with one attached hydrogen (secondary N) is 1. The SMILES string of the molecule is CCCc1sc(NC(=O)CCC(=O)c2cc(OC)ccc2OC)nc1-c1ccc(OCC)cc1. The van der Waals surface area contributed by atoms with Crippen molar-refractivity contribution in [3.05, 3.63) is 52.9 Å². The molecule has 0 spiro atoms. The number of methoxy groups -OCH3 is 2. The predicted molar refractivity (Wildman–Crippen MR) is 134 cm³/mol. The minimum absolute atomic E-state index is 0.0419. The normalized spacial score (nSPS) is 10.6. The molecule has 1 heterocycles. The molecular formula is C26H30N2O5S. The van der Waals surface area contributed by atoms with E-state index in [-0.39, 0.29) is 24.5 Å². The van der Waals surface area contributed by atoms with Crippen LogP contribution in [0.15, 0.2) is 42.5 Å². The highest BCUT2D eigenvalue weighted by Crippen LogP contribution is 2.33. The van der Waals surface area contributed by atoms with Crippen molar-refractivity contribution in [1.82, 2.24) is 4.98 Å². The summed E-state index contributed by atoms with van der Waals surface area (Å²) in [6, 6.07) is 12.8. The number of nitrogens with zero attached hydrogens (tertiary/aromatic N) is 1. The van der Waals surface area contributed by atoms with Crippen LogP contribution in [0.25, 0.3) is 11.3 Å². The van der Waals surface area contributed by atoms with E-state index < -0.39 is 0 Å². The first-order chi connectivity index (χ1) is 16.5. The van der Waals surface area contributed by atoms with E-state index in [0.29, 0.717) is 28.8 Å². The van der Waals surface area contributed by atoms with Gasteiger partial charge in [-0.2, -0.15) is 0 Å². The van der Waals surface area contributed by atoms with E-state index in [2.05, 4.69) is 17.2 Å². The average Bonchev–Trinajstić information content (AvgIpc) is 3.24. The van der Waals surface area contributed by atoms with Gasteiger partial charge in [-0.25, -0.2) is 4.98 Å². The molecule has 0 saturated heterocycles. The maximum Gasteiger partial charge on any atom is 0.226 e. The van der Waals surface area contributed by atoms with Gasteiger partial charge in [0.05, 0.1) is 32.1 Å². The smallest absolute Gasteiger partial charge is 0.226 e. The van der Waals surface area contributed by atoms with Crippen LogP contribution in [0.2, 0.25) is 0 Å². The van der Waals surface area contributed by atoms with Gasteiger partial charge in [-0.05, 0) is 55.8 Å². The Morgan fingerprint density at radius 2 is 1.71 bits per heavy atom. The number of ketones is 1. The monoisotopic (exact) mass is 482 g/mol. The van der Waals surface area contributed by atoms with Crippen LogP contribution in [0.5, 0.6) is 17.2 Å². The van der Waals surface area contributed by atoms with E-state index in [1.807, 2.05) is 31.2 Å². The Balaban J connectivity index is 1.68. The van der Waals surface area contributed by atoms with Gasteiger partial charge in [0.2, 0.25) is 5.91 Å². The summed E-state index contributed by atoms with van der Waals surface area (Å²) in [6.07, 6.45) is 1.93. The van der Waals surface area contributed by atoms with Crippen molar-refractivity contribution in [3.8, 4) is 28.5 Å². The standard InChI is InChI=1S/C26H30N2O5S/c1-5-7-23-25(17-8-10-18(11-9-17)33-6-2)28-26(34-23)27-24(30)15-13-21(29)20-16-19(31-3)12-14-22(20)32-4/h8-12,14,16H,5-7,13,15H2,1-4H3,(H,27,28,30). The second-order valence-electron chi connectivity index (χ2n) is 7.54. The van der Waals surface area contributed by atoms with Gasteiger partial charge >= 0.3 is 0 Å². The third-order valence-corrected chi connectivity index (χ3v) is 6.18. The molecule has 0 aliphatic heterocycles. The average molecular weight is 483 g/mol. The fourth-order valence-corrected chi connectivity index (χ4v) is 4.58. The van der Waals surface area contributed by atoms with E-state index in [0.717, 1.165) is 34.7 Å². The first-order valence-corrected chi connectivity index (χ1v) is 12.1. The molecule has 3 aromatic rings. The van der Waals surface area contributed by atoms with Crippen LogP contribution in [0.3, 0.4) is 0 Å². The van der Waals surface area contributed by atoms with Crippen LogP contribution in [0.4, 0.5) is 5.13 Å². The molecule has 1 amide bonds. The molecule has 1 aromatic heterocycles. The Labute approximate surface area is 204 Å². The number of anilines is 1. The Hall–Kier alpha value is -3.39. The van der Waals surface area contributed by atoms with Crippen molar-refractivity contribution in [2.75, 3.05) is 26.1 Å². The summed E-state index contributed by atoms with van der Waals surface area (Å²) in [6.45, 7) is 4.67. The molecule has 1 N–H and O–H groups in total. The fraction of sp³-hybridized carbons (Fsp3) is 0.346. The van der Waals surface area contributed by atoms with E-state index in [1.165, 1.54) is 25.6 Å². The van der Waals surface area contributed by atoms with Crippen molar-refractivity contribution >= 4 is 28.2 Å². The molecule has 34 heavy (non-hydrogen) atoms. The van der Waals surface area contributed by atoms with Crippen molar-refractivity contribution in [2.45, 2.75) is 39.5 Å². The maximum atomic E-state index is 12.7. The lowest BCUT2D eigenvalue weighted by molar-refractivity contribution is -0.116. The molecular weight excluding hydrogens is 452 g/mol. The van der Waals surface area contributed by atoms with Gasteiger partial charge in [-0.3, -0.25) is 9.59 Å². The third-order valence-electron chi connectivity index (χ3n) is 5.15. The fourth-order valence-electron chi connectivity index (χ4n) is 3.48. The van der Waals surface area contributed by atoms with Gasteiger partial charge in [-0.15, -0.1) is 11.3 Å². The lowest BCUT2D eigenvalue weighted by Crippen LogP contribution is -2.13. The number of hydrogen-bond acceptors (Lipinski definition) is 7. The Morgan fingerprint density at radius 3 is 2.35 bits per heavy atom. The minimum atomic E-state index is -0.259. The Bertz CT molecular complexity index is 1120. The second-order valence-corrected chi connectivity index (χ2v) is 8.62. The van der Waals surface area contributed by atoms with Crippen molar-refractivity contribution in [1.29, 1.82) is 0 Å². The number of thiazole rings is 1. The van der Waals surface area contributed by atoms with E-state index >= 15 is 0 Å². The molecule has 3 rings (SSSR count). The molecule has 8 heteroatoms. The molecule has 2 aromatic carbocycles. The summed E-state index contributed by atoms with van der Waals surface area (Å²) < 4.78 is 16.0. The highest BCUT2D eigenvalue weighted by Gasteiger charge is 2.18. The summed E-state index contributed by atoms with van der Waals surface area (Å²) in [7, 11) is 3.04. The summed E-state index contributed by atoms with van der Waals surface area (Å²) in [4.78, 5) is 31.1. The number of benzene rings is 2. The van der Waals surface area contributed by atoms with Crippen LogP contribution in [-0.4, -0.2) is 37.5 Å². The van der Waals surface area contributed by atoms with Gasteiger partial charge in [0, 0.05) is 23.3 Å². The van der Waals surface area contributed by atoms with Crippen LogP contribution >= 0.6 is 11.3 Å². The first-order valence-electron chi connectivity index (χ1n) is 11.3. The van der Waals surface area contributed by atoms with E-state index in [1.54, 1.807) is 18.2 Å². The lowest BCUT2D eigenvalue weighted by atomic mass is 10.0. The van der Waals surface area contributed by atoms with Crippen LogP contribution in [-0.2, 0) is 11.2 Å². The molecule has 0 saturated carbocycles. The number of aromatic nitrogens is 1. The number of carbonyl (C=O) groups excluding carboxylic acids is 2. The summed E-state index contributed by atoms with van der Waals surface area (Å²) in [5.41, 5.74) is 2.23. The van der Waals surface area contributed by atoms with Crippen LogP contribution in [0.1, 0.15) is 48.3 Å². The first kappa shape index (κ1) is 25.2. The quantitative estimate of drug-likeness (QED) is 0.329. The van der Waals surface area contributed by atoms with Gasteiger partial charge in [-0.1, -0.05) is 13.3 Å². The number of amides is 1. The number of Topliss-reactive ketones (excluding diaryl/α,β-unsaturated/α-hetero) is 1. The Kier molecular flexibility index (Phi) is 9.04. The van der Waals surface area contributed by atoms with Crippen molar-refractivity contribution in [3.63, 3.8) is 0 Å². The molecule has 0 unspecified atom stereocenters. The molecule has 0 aliphatic rings. The second kappa shape index (κ2) is 12.2. The highest BCUT2D eigenvalue weighted by molar-refractivity contribution is 7.16. The molecule has 0 radical (unpaired) electrons. The zero-order valence-corrected chi connectivity index (χ0v) is 20.8. The molecule has 0 atom stereocenters.